The van der Waals surface area contributed by atoms with Crippen LogP contribution < -0.4 is 20.1 Å². The van der Waals surface area contributed by atoms with E-state index < -0.39 is 18.5 Å². The van der Waals surface area contributed by atoms with Crippen molar-refractivity contribution in [1.29, 1.82) is 0 Å². The Morgan fingerprint density at radius 2 is 1.64 bits per heavy atom. The lowest BCUT2D eigenvalue weighted by Gasteiger charge is -2.12. The number of ether oxygens (including phenoxy) is 3. The first-order valence-corrected chi connectivity index (χ1v) is 8.45. The van der Waals surface area contributed by atoms with Crippen molar-refractivity contribution in [3.63, 3.8) is 0 Å². The number of hydrogen-bond donors (Lipinski definition) is 2. The summed E-state index contributed by atoms with van der Waals surface area (Å²) >= 11 is 0. The number of amides is 2. The summed E-state index contributed by atoms with van der Waals surface area (Å²) in [6.07, 6.45) is 0.0100. The van der Waals surface area contributed by atoms with Crippen LogP contribution in [0.15, 0.2) is 42.5 Å². The SMILES string of the molecule is COc1ccc(OC)c(NC(=O)COC(=O)Cc2ccc(NC(C)=O)cc2)c1. The average Bonchev–Trinajstić information content (AvgIpc) is 2.67. The molecule has 0 aliphatic carbocycles. The minimum atomic E-state index is -0.542. The Kier molecular flexibility index (Phi) is 7.38. The van der Waals surface area contributed by atoms with Gasteiger partial charge in [0.25, 0.3) is 5.91 Å². The van der Waals surface area contributed by atoms with Crippen LogP contribution in [0.3, 0.4) is 0 Å². The highest BCUT2D eigenvalue weighted by molar-refractivity contribution is 5.94. The summed E-state index contributed by atoms with van der Waals surface area (Å²) in [7, 11) is 2.99. The molecule has 2 amide bonds. The van der Waals surface area contributed by atoms with Gasteiger partial charge in [-0.15, -0.1) is 0 Å². The fraction of sp³-hybridized carbons (Fsp3) is 0.250. The second kappa shape index (κ2) is 9.96. The maximum atomic E-state index is 12.1. The van der Waals surface area contributed by atoms with Gasteiger partial charge in [-0.1, -0.05) is 12.1 Å². The fourth-order valence-electron chi connectivity index (χ4n) is 2.37. The van der Waals surface area contributed by atoms with Crippen molar-refractivity contribution in [3.05, 3.63) is 48.0 Å². The summed E-state index contributed by atoms with van der Waals surface area (Å²) in [5, 5.41) is 5.26. The van der Waals surface area contributed by atoms with Gasteiger partial charge in [-0.05, 0) is 29.8 Å². The van der Waals surface area contributed by atoms with Gasteiger partial charge in [0.15, 0.2) is 6.61 Å². The smallest absolute Gasteiger partial charge is 0.310 e. The van der Waals surface area contributed by atoms with Crippen LogP contribution in [0.4, 0.5) is 11.4 Å². The minimum Gasteiger partial charge on any atom is -0.497 e. The first-order valence-electron chi connectivity index (χ1n) is 8.45. The van der Waals surface area contributed by atoms with Gasteiger partial charge >= 0.3 is 5.97 Å². The van der Waals surface area contributed by atoms with Crippen molar-refractivity contribution >= 4 is 29.2 Å². The van der Waals surface area contributed by atoms with Gasteiger partial charge in [0.05, 0.1) is 26.3 Å². The predicted molar refractivity (Wildman–Crippen MR) is 104 cm³/mol. The maximum Gasteiger partial charge on any atom is 0.310 e. The number of carbonyl (C=O) groups is 3. The molecule has 28 heavy (non-hydrogen) atoms. The molecule has 0 heterocycles. The molecule has 0 saturated carbocycles. The number of methoxy groups -OCH3 is 2. The zero-order valence-corrected chi connectivity index (χ0v) is 15.9. The van der Waals surface area contributed by atoms with Gasteiger partial charge in [-0.3, -0.25) is 14.4 Å². The van der Waals surface area contributed by atoms with Crippen molar-refractivity contribution in [3.8, 4) is 11.5 Å². The highest BCUT2D eigenvalue weighted by atomic mass is 16.5. The third-order valence-electron chi connectivity index (χ3n) is 3.67. The third-order valence-corrected chi connectivity index (χ3v) is 3.67. The van der Waals surface area contributed by atoms with Gasteiger partial charge in [-0.2, -0.15) is 0 Å². The molecule has 0 aromatic heterocycles. The van der Waals surface area contributed by atoms with Crippen LogP contribution in [-0.2, 0) is 25.5 Å². The summed E-state index contributed by atoms with van der Waals surface area (Å²) in [5.74, 6) is -0.206. The maximum absolute atomic E-state index is 12.1. The number of esters is 1. The van der Waals surface area contributed by atoms with E-state index in [9.17, 15) is 14.4 Å². The van der Waals surface area contributed by atoms with Gasteiger partial charge in [0.1, 0.15) is 11.5 Å². The molecule has 0 aliphatic rings. The van der Waals surface area contributed by atoms with Crippen molar-refractivity contribution in [1.82, 2.24) is 0 Å². The quantitative estimate of drug-likeness (QED) is 0.676. The molecule has 0 spiro atoms. The molecule has 148 valence electrons. The van der Waals surface area contributed by atoms with E-state index in [4.69, 9.17) is 14.2 Å². The summed E-state index contributed by atoms with van der Waals surface area (Å²) < 4.78 is 15.3. The number of nitrogens with one attached hydrogen (secondary N) is 2. The van der Waals surface area contributed by atoms with Crippen molar-refractivity contribution in [2.75, 3.05) is 31.5 Å². The number of carbonyl (C=O) groups excluding carboxylic acids is 3. The van der Waals surface area contributed by atoms with Gasteiger partial charge in [-0.25, -0.2) is 0 Å². The van der Waals surface area contributed by atoms with Crippen LogP contribution in [0.5, 0.6) is 11.5 Å². The zero-order valence-electron chi connectivity index (χ0n) is 15.9. The topological polar surface area (TPSA) is 103 Å². The molecule has 2 aromatic rings. The van der Waals surface area contributed by atoms with E-state index in [0.717, 1.165) is 0 Å². The number of rotatable bonds is 8. The molecule has 0 atom stereocenters. The Morgan fingerprint density at radius 3 is 2.25 bits per heavy atom. The summed E-state index contributed by atoms with van der Waals surface area (Å²) in [5.41, 5.74) is 1.75. The zero-order chi connectivity index (χ0) is 20.5. The molecular formula is C20H22N2O6. The lowest BCUT2D eigenvalue weighted by atomic mass is 10.1. The van der Waals surface area contributed by atoms with Crippen LogP contribution in [0.25, 0.3) is 0 Å². The van der Waals surface area contributed by atoms with E-state index in [-0.39, 0.29) is 12.3 Å². The molecule has 2 rings (SSSR count). The van der Waals surface area contributed by atoms with E-state index >= 15 is 0 Å². The largest absolute Gasteiger partial charge is 0.497 e. The molecule has 0 bridgehead atoms. The molecule has 2 aromatic carbocycles. The third kappa shape index (κ3) is 6.31. The molecule has 8 heteroatoms. The molecule has 0 aliphatic heterocycles. The van der Waals surface area contributed by atoms with Crippen molar-refractivity contribution < 1.29 is 28.6 Å². The van der Waals surface area contributed by atoms with Gasteiger partial charge in [0.2, 0.25) is 5.91 Å². The van der Waals surface area contributed by atoms with Gasteiger partial charge in [0, 0.05) is 18.7 Å². The highest BCUT2D eigenvalue weighted by Gasteiger charge is 2.12. The molecule has 8 nitrogen and oxygen atoms in total. The van der Waals surface area contributed by atoms with Crippen molar-refractivity contribution in [2.24, 2.45) is 0 Å². The summed E-state index contributed by atoms with van der Waals surface area (Å²) in [4.78, 5) is 35.0. The standard InChI is InChI=1S/C20H22N2O6/c1-13(23)21-15-6-4-14(5-7-15)10-20(25)28-12-19(24)22-17-11-16(26-2)8-9-18(17)27-3/h4-9,11H,10,12H2,1-3H3,(H,21,23)(H,22,24). The lowest BCUT2D eigenvalue weighted by molar-refractivity contribution is -0.146. The van der Waals surface area contributed by atoms with Gasteiger partial charge < -0.3 is 24.8 Å². The number of anilines is 2. The first kappa shape index (κ1) is 20.8. The Balaban J connectivity index is 1.85. The second-order valence-corrected chi connectivity index (χ2v) is 5.83. The Labute approximate surface area is 162 Å². The van der Waals surface area contributed by atoms with Crippen LogP contribution in [-0.4, -0.2) is 38.6 Å². The summed E-state index contributed by atoms with van der Waals surface area (Å²) in [6.45, 7) is 0.987. The molecule has 2 N–H and O–H groups in total. The molecule has 0 fully saturated rings. The average molecular weight is 386 g/mol. The molecule has 0 unspecified atom stereocenters. The lowest BCUT2D eigenvalue weighted by Crippen LogP contribution is -2.22. The van der Waals surface area contributed by atoms with E-state index in [2.05, 4.69) is 10.6 Å². The fourth-order valence-corrected chi connectivity index (χ4v) is 2.37. The normalized spacial score (nSPS) is 9.96. The van der Waals surface area contributed by atoms with Crippen molar-refractivity contribution in [2.45, 2.75) is 13.3 Å². The van der Waals surface area contributed by atoms with E-state index in [1.807, 2.05) is 0 Å². The minimum absolute atomic E-state index is 0.0100. The monoisotopic (exact) mass is 386 g/mol. The van der Waals surface area contributed by atoms with Crippen LogP contribution >= 0.6 is 0 Å². The second-order valence-electron chi connectivity index (χ2n) is 5.83. The highest BCUT2D eigenvalue weighted by Crippen LogP contribution is 2.28. The van der Waals surface area contributed by atoms with E-state index in [0.29, 0.717) is 28.4 Å². The molecular weight excluding hydrogens is 364 g/mol. The Hall–Kier alpha value is -3.55. The summed E-state index contributed by atoms with van der Waals surface area (Å²) in [6, 6.07) is 11.7. The number of hydrogen-bond acceptors (Lipinski definition) is 6. The predicted octanol–water partition coefficient (Wildman–Crippen LogP) is 2.39. The van der Waals surface area contributed by atoms with Crippen LogP contribution in [0.2, 0.25) is 0 Å². The van der Waals surface area contributed by atoms with E-state index in [1.165, 1.54) is 21.1 Å². The Bertz CT molecular complexity index is 848. The molecule has 0 radical (unpaired) electrons. The first-order chi connectivity index (χ1) is 13.4. The number of benzene rings is 2. The van der Waals surface area contributed by atoms with Crippen LogP contribution in [0, 0.1) is 0 Å². The van der Waals surface area contributed by atoms with Crippen LogP contribution in [0.1, 0.15) is 12.5 Å². The Morgan fingerprint density at radius 1 is 0.929 bits per heavy atom. The van der Waals surface area contributed by atoms with E-state index in [1.54, 1.807) is 42.5 Å². The molecule has 0 saturated heterocycles.